The number of azo groups is 1. The van der Waals surface area contributed by atoms with Gasteiger partial charge in [-0.15, -0.1) is 10.2 Å². The molecule has 2 heterocycles. The van der Waals surface area contributed by atoms with Crippen molar-refractivity contribution in [2.75, 3.05) is 31.1 Å². The van der Waals surface area contributed by atoms with E-state index in [0.717, 1.165) is 43.0 Å². The van der Waals surface area contributed by atoms with Gasteiger partial charge in [0, 0.05) is 37.4 Å². The first kappa shape index (κ1) is 15.0. The summed E-state index contributed by atoms with van der Waals surface area (Å²) in [7, 11) is -2.42. The van der Waals surface area contributed by atoms with Crippen LogP contribution in [-0.4, -0.2) is 39.6 Å². The van der Waals surface area contributed by atoms with Crippen molar-refractivity contribution in [3.63, 3.8) is 0 Å². The Bertz CT molecular complexity index is 938. The Kier molecular flexibility index (Phi) is 3.87. The second kappa shape index (κ2) is 6.18. The molecule has 7 heteroatoms. The van der Waals surface area contributed by atoms with Crippen LogP contribution < -0.4 is 10.2 Å². The van der Waals surface area contributed by atoms with Gasteiger partial charge in [0.1, 0.15) is 0 Å². The average molecular weight is 340 g/mol. The zero-order valence-corrected chi connectivity index (χ0v) is 13.8. The van der Waals surface area contributed by atoms with Gasteiger partial charge in [0.15, 0.2) is 0 Å². The molecule has 0 unspecified atom stereocenters. The summed E-state index contributed by atoms with van der Waals surface area (Å²) in [5.74, 6) is 0. The lowest BCUT2D eigenvalue weighted by Gasteiger charge is -2.32. The van der Waals surface area contributed by atoms with Gasteiger partial charge in [-0.25, -0.2) is 0 Å². The van der Waals surface area contributed by atoms with E-state index in [4.69, 9.17) is 0 Å². The van der Waals surface area contributed by atoms with Crippen LogP contribution in [0, 0.1) is 0 Å². The number of hydrogen-bond acceptors (Lipinski definition) is 5. The van der Waals surface area contributed by atoms with E-state index in [2.05, 4.69) is 20.4 Å². The van der Waals surface area contributed by atoms with Crippen molar-refractivity contribution in [2.24, 2.45) is 10.2 Å². The number of nitrogens with zero attached hydrogens (tertiary/aromatic N) is 3. The van der Waals surface area contributed by atoms with Crippen LogP contribution in [0.5, 0.6) is 0 Å². The highest BCUT2D eigenvalue weighted by Crippen LogP contribution is 2.42. The summed E-state index contributed by atoms with van der Waals surface area (Å²) in [6.45, 7) is 3.57. The highest BCUT2D eigenvalue weighted by atomic mass is 32.2. The molecule has 0 aliphatic carbocycles. The minimum absolute atomic E-state index is 0.0147. The van der Waals surface area contributed by atoms with Crippen LogP contribution in [0.1, 0.15) is 5.56 Å². The fourth-order valence-electron chi connectivity index (χ4n) is 3.21. The minimum Gasteiger partial charge on any atom is -0.368 e. The standard InChI is InChI=1S/C17H16N4O2S/c22-24(23)17-16-13(19-20-17)6-7-14(21-10-8-18-9-11-21)15(16)12-4-2-1-3-5-12/h1-7,18H,8-11H2. The highest BCUT2D eigenvalue weighted by molar-refractivity contribution is 7.73. The smallest absolute Gasteiger partial charge is 0.242 e. The molecule has 0 bridgehead atoms. The minimum atomic E-state index is -2.42. The first-order valence-electron chi connectivity index (χ1n) is 7.82. The molecule has 2 aliphatic heterocycles. The molecule has 6 nitrogen and oxygen atoms in total. The number of rotatable bonds is 2. The molecule has 1 N–H and O–H groups in total. The molecular weight excluding hydrogens is 324 g/mol. The van der Waals surface area contributed by atoms with Crippen LogP contribution in [-0.2, 0) is 10.3 Å². The zero-order valence-electron chi connectivity index (χ0n) is 12.9. The summed E-state index contributed by atoms with van der Waals surface area (Å²) in [5, 5.41) is 11.3. The van der Waals surface area contributed by atoms with Crippen LogP contribution >= 0.6 is 0 Å². The second-order valence-corrected chi connectivity index (χ2v) is 6.55. The molecule has 0 spiro atoms. The van der Waals surface area contributed by atoms with Gasteiger partial charge in [-0.3, -0.25) is 0 Å². The van der Waals surface area contributed by atoms with Gasteiger partial charge in [0.05, 0.1) is 11.3 Å². The van der Waals surface area contributed by atoms with Gasteiger partial charge >= 0.3 is 0 Å². The lowest BCUT2D eigenvalue weighted by molar-refractivity contribution is 0.589. The maximum Gasteiger partial charge on any atom is 0.242 e. The highest BCUT2D eigenvalue weighted by Gasteiger charge is 2.27. The van der Waals surface area contributed by atoms with Gasteiger partial charge in [0.25, 0.3) is 0 Å². The van der Waals surface area contributed by atoms with E-state index in [0.29, 0.717) is 11.3 Å². The third-order valence-electron chi connectivity index (χ3n) is 4.30. The molecule has 122 valence electrons. The van der Waals surface area contributed by atoms with Gasteiger partial charge in [-0.05, 0) is 17.7 Å². The van der Waals surface area contributed by atoms with Crippen molar-refractivity contribution in [2.45, 2.75) is 0 Å². The van der Waals surface area contributed by atoms with Crippen LogP contribution in [0.2, 0.25) is 0 Å². The predicted octanol–water partition coefficient (Wildman–Crippen LogP) is 2.22. The van der Waals surface area contributed by atoms with Crippen molar-refractivity contribution < 1.29 is 8.42 Å². The van der Waals surface area contributed by atoms with E-state index >= 15 is 0 Å². The van der Waals surface area contributed by atoms with E-state index in [9.17, 15) is 8.42 Å². The molecule has 2 aliphatic rings. The molecule has 24 heavy (non-hydrogen) atoms. The first-order valence-corrected chi connectivity index (χ1v) is 8.89. The largest absolute Gasteiger partial charge is 0.368 e. The van der Waals surface area contributed by atoms with Crippen molar-refractivity contribution in [3.8, 4) is 11.1 Å². The van der Waals surface area contributed by atoms with E-state index < -0.39 is 10.3 Å². The molecule has 4 rings (SSSR count). The molecule has 0 amide bonds. The summed E-state index contributed by atoms with van der Waals surface area (Å²) in [6, 6.07) is 13.7. The summed E-state index contributed by atoms with van der Waals surface area (Å²) >= 11 is 0. The van der Waals surface area contributed by atoms with Crippen LogP contribution in [0.3, 0.4) is 0 Å². The summed E-state index contributed by atoms with van der Waals surface area (Å²) in [5.41, 5.74) is 4.09. The summed E-state index contributed by atoms with van der Waals surface area (Å²) < 4.78 is 23.2. The van der Waals surface area contributed by atoms with E-state index in [1.54, 1.807) is 0 Å². The molecule has 2 aromatic rings. The first-order chi connectivity index (χ1) is 11.8. The van der Waals surface area contributed by atoms with E-state index in [-0.39, 0.29) is 4.99 Å². The molecule has 0 atom stereocenters. The Balaban J connectivity index is 2.00. The monoisotopic (exact) mass is 340 g/mol. The molecular formula is C17H16N4O2S. The lowest BCUT2D eigenvalue weighted by atomic mass is 9.95. The zero-order chi connectivity index (χ0) is 16.5. The number of anilines is 1. The SMILES string of the molecule is O=S(=O)=C1N=Nc2ccc(N3CCNCC3)c(-c3ccccc3)c21. The molecule has 0 saturated carbocycles. The number of piperazine rings is 1. The van der Waals surface area contributed by atoms with Gasteiger partial charge in [0.2, 0.25) is 15.3 Å². The molecule has 2 aromatic carbocycles. The Morgan fingerprint density at radius 2 is 1.67 bits per heavy atom. The third-order valence-corrected chi connectivity index (χ3v) is 4.90. The normalized spacial score (nSPS) is 16.3. The van der Waals surface area contributed by atoms with Crippen molar-refractivity contribution in [1.29, 1.82) is 0 Å². The lowest BCUT2D eigenvalue weighted by Crippen LogP contribution is -2.43. The van der Waals surface area contributed by atoms with Gasteiger partial charge < -0.3 is 10.2 Å². The van der Waals surface area contributed by atoms with Crippen LogP contribution in [0.4, 0.5) is 11.4 Å². The molecule has 1 saturated heterocycles. The number of benzene rings is 2. The van der Waals surface area contributed by atoms with Crippen LogP contribution in [0.25, 0.3) is 11.1 Å². The average Bonchev–Trinajstić information content (AvgIpc) is 3.07. The van der Waals surface area contributed by atoms with E-state index in [1.165, 1.54) is 0 Å². The topological polar surface area (TPSA) is 74.1 Å². The van der Waals surface area contributed by atoms with Gasteiger partial charge in [-0.2, -0.15) is 8.42 Å². The Morgan fingerprint density at radius 1 is 0.917 bits per heavy atom. The Labute approximate surface area is 141 Å². The Morgan fingerprint density at radius 3 is 2.38 bits per heavy atom. The van der Waals surface area contributed by atoms with E-state index in [1.807, 2.05) is 42.5 Å². The fraction of sp³-hybridized carbons (Fsp3) is 0.235. The maximum atomic E-state index is 11.6. The molecule has 0 radical (unpaired) electrons. The van der Waals surface area contributed by atoms with Crippen LogP contribution in [0.15, 0.2) is 52.7 Å². The molecule has 0 aromatic heterocycles. The maximum absolute atomic E-state index is 11.6. The van der Waals surface area contributed by atoms with Crippen molar-refractivity contribution in [3.05, 3.63) is 48.0 Å². The fourth-order valence-corrected chi connectivity index (χ4v) is 3.69. The third kappa shape index (κ3) is 2.51. The predicted molar refractivity (Wildman–Crippen MR) is 94.5 cm³/mol. The molecule has 1 fully saturated rings. The number of nitrogens with one attached hydrogen (secondary N) is 1. The van der Waals surface area contributed by atoms with Crippen molar-refractivity contribution in [1.82, 2.24) is 5.32 Å². The summed E-state index contributed by atoms with van der Waals surface area (Å²) in [6.07, 6.45) is 0. The Hall–Kier alpha value is -2.51. The van der Waals surface area contributed by atoms with Crippen molar-refractivity contribution >= 4 is 26.7 Å². The number of fused-ring (bicyclic) bond motifs is 1. The quantitative estimate of drug-likeness (QED) is 0.851. The number of hydrogen-bond donors (Lipinski definition) is 1. The summed E-state index contributed by atoms with van der Waals surface area (Å²) in [4.78, 5) is 2.30. The second-order valence-electron chi connectivity index (χ2n) is 5.70. The van der Waals surface area contributed by atoms with Gasteiger partial charge in [-0.1, -0.05) is 30.3 Å².